The number of non-ortho nitro benzene ring substituents is 1. The van der Waals surface area contributed by atoms with E-state index in [1.165, 1.54) is 18.3 Å². The fraction of sp³-hybridized carbons (Fsp3) is 0.188. The molecule has 0 spiro atoms. The monoisotopic (exact) mass is 316 g/mol. The Labute approximate surface area is 133 Å². The third-order valence-corrected chi connectivity index (χ3v) is 3.05. The molecule has 0 atom stereocenters. The van der Waals surface area contributed by atoms with Crippen molar-refractivity contribution in [2.75, 3.05) is 14.2 Å². The zero-order valence-corrected chi connectivity index (χ0v) is 12.8. The van der Waals surface area contributed by atoms with Crippen LogP contribution >= 0.6 is 0 Å². The number of benzene rings is 2. The first-order chi connectivity index (χ1) is 11.2. The molecule has 0 amide bonds. The molecular formula is C16H16N2O5. The van der Waals surface area contributed by atoms with Crippen molar-refractivity contribution < 1.29 is 19.2 Å². The average molecular weight is 316 g/mol. The maximum absolute atomic E-state index is 10.7. The SMILES string of the molecule is COc1cccc(C=NOCc2cccc([N+](=O)[O-])c2)c1OC. The van der Waals surface area contributed by atoms with Gasteiger partial charge in [0.2, 0.25) is 0 Å². The summed E-state index contributed by atoms with van der Waals surface area (Å²) in [6, 6.07) is 11.6. The minimum Gasteiger partial charge on any atom is -0.493 e. The topological polar surface area (TPSA) is 83.2 Å². The zero-order valence-electron chi connectivity index (χ0n) is 12.8. The molecule has 0 fully saturated rings. The van der Waals surface area contributed by atoms with Crippen LogP contribution in [0.4, 0.5) is 5.69 Å². The smallest absolute Gasteiger partial charge is 0.269 e. The van der Waals surface area contributed by atoms with Crippen LogP contribution in [0.25, 0.3) is 0 Å². The van der Waals surface area contributed by atoms with Gasteiger partial charge in [0.1, 0.15) is 6.61 Å². The van der Waals surface area contributed by atoms with Gasteiger partial charge < -0.3 is 14.3 Å². The van der Waals surface area contributed by atoms with Gasteiger partial charge in [0, 0.05) is 17.7 Å². The second-order valence-electron chi connectivity index (χ2n) is 4.52. The highest BCUT2D eigenvalue weighted by Crippen LogP contribution is 2.29. The fourth-order valence-corrected chi connectivity index (χ4v) is 1.98. The van der Waals surface area contributed by atoms with E-state index in [1.54, 1.807) is 32.4 Å². The number of hydrogen-bond donors (Lipinski definition) is 0. The lowest BCUT2D eigenvalue weighted by Gasteiger charge is -2.09. The maximum Gasteiger partial charge on any atom is 0.269 e. The molecule has 0 aromatic heterocycles. The predicted octanol–water partition coefficient (Wildman–Crippen LogP) is 3.16. The summed E-state index contributed by atoms with van der Waals surface area (Å²) in [7, 11) is 3.09. The standard InChI is InChI=1S/C16H16N2O5/c1-21-15-8-4-6-13(16(15)22-2)10-17-23-11-12-5-3-7-14(9-12)18(19)20/h3-10H,11H2,1-2H3. The van der Waals surface area contributed by atoms with Crippen molar-refractivity contribution >= 4 is 11.9 Å². The van der Waals surface area contributed by atoms with Gasteiger partial charge in [-0.05, 0) is 17.7 Å². The van der Waals surface area contributed by atoms with E-state index in [0.29, 0.717) is 22.6 Å². The second kappa shape index (κ2) is 7.79. The van der Waals surface area contributed by atoms with Crippen LogP contribution in [0.5, 0.6) is 11.5 Å². The number of rotatable bonds is 7. The number of hydrogen-bond acceptors (Lipinski definition) is 6. The first-order valence-electron chi connectivity index (χ1n) is 6.75. The molecule has 0 unspecified atom stereocenters. The lowest BCUT2D eigenvalue weighted by Crippen LogP contribution is -1.96. The van der Waals surface area contributed by atoms with Gasteiger partial charge in [0.15, 0.2) is 11.5 Å². The molecule has 120 valence electrons. The number of para-hydroxylation sites is 1. The molecule has 0 radical (unpaired) electrons. The van der Waals surface area contributed by atoms with Gasteiger partial charge >= 0.3 is 0 Å². The molecule has 0 heterocycles. The Kier molecular flexibility index (Phi) is 5.51. The van der Waals surface area contributed by atoms with Gasteiger partial charge in [-0.1, -0.05) is 23.4 Å². The summed E-state index contributed by atoms with van der Waals surface area (Å²) in [6.07, 6.45) is 1.50. The summed E-state index contributed by atoms with van der Waals surface area (Å²) in [5, 5.41) is 14.6. The number of oxime groups is 1. The molecule has 0 bridgehead atoms. The largest absolute Gasteiger partial charge is 0.493 e. The molecule has 7 nitrogen and oxygen atoms in total. The van der Waals surface area contributed by atoms with Crippen molar-refractivity contribution in [3.8, 4) is 11.5 Å². The van der Waals surface area contributed by atoms with Crippen molar-refractivity contribution in [2.45, 2.75) is 6.61 Å². The Morgan fingerprint density at radius 3 is 2.65 bits per heavy atom. The molecule has 0 N–H and O–H groups in total. The second-order valence-corrected chi connectivity index (χ2v) is 4.52. The van der Waals surface area contributed by atoms with Crippen LogP contribution in [-0.4, -0.2) is 25.4 Å². The third kappa shape index (κ3) is 4.19. The first kappa shape index (κ1) is 16.3. The Hall–Kier alpha value is -3.09. The summed E-state index contributed by atoms with van der Waals surface area (Å²) in [5.41, 5.74) is 1.38. The number of ether oxygens (including phenoxy) is 2. The van der Waals surface area contributed by atoms with E-state index in [2.05, 4.69) is 5.16 Å². The van der Waals surface area contributed by atoms with Gasteiger partial charge in [0.25, 0.3) is 5.69 Å². The highest BCUT2D eigenvalue weighted by Gasteiger charge is 2.08. The Morgan fingerprint density at radius 2 is 1.96 bits per heavy atom. The molecule has 2 aromatic rings. The number of nitro benzene ring substituents is 1. The molecule has 0 aliphatic carbocycles. The van der Waals surface area contributed by atoms with Gasteiger partial charge in [-0.25, -0.2) is 0 Å². The Morgan fingerprint density at radius 1 is 1.17 bits per heavy atom. The van der Waals surface area contributed by atoms with Crippen LogP contribution in [0.2, 0.25) is 0 Å². The van der Waals surface area contributed by atoms with Gasteiger partial charge in [0.05, 0.1) is 25.4 Å². The molecule has 2 aromatic carbocycles. The van der Waals surface area contributed by atoms with Crippen molar-refractivity contribution in [2.24, 2.45) is 5.16 Å². The third-order valence-electron chi connectivity index (χ3n) is 3.05. The average Bonchev–Trinajstić information content (AvgIpc) is 2.58. The lowest BCUT2D eigenvalue weighted by atomic mass is 10.2. The Bertz CT molecular complexity index is 715. The number of methoxy groups -OCH3 is 2. The fourth-order valence-electron chi connectivity index (χ4n) is 1.98. The summed E-state index contributed by atoms with van der Waals surface area (Å²) < 4.78 is 10.5. The van der Waals surface area contributed by atoms with Crippen molar-refractivity contribution in [3.63, 3.8) is 0 Å². The maximum atomic E-state index is 10.7. The van der Waals surface area contributed by atoms with E-state index in [-0.39, 0.29) is 12.3 Å². The minimum absolute atomic E-state index is 0.0181. The highest BCUT2D eigenvalue weighted by atomic mass is 16.6. The van der Waals surface area contributed by atoms with Crippen LogP contribution in [0.1, 0.15) is 11.1 Å². The molecule has 0 saturated carbocycles. The summed E-state index contributed by atoms with van der Waals surface area (Å²) in [5.74, 6) is 1.15. The van der Waals surface area contributed by atoms with Crippen LogP contribution in [-0.2, 0) is 11.4 Å². The van der Waals surface area contributed by atoms with E-state index in [9.17, 15) is 10.1 Å². The summed E-state index contributed by atoms with van der Waals surface area (Å²) in [4.78, 5) is 15.4. The van der Waals surface area contributed by atoms with E-state index < -0.39 is 4.92 Å². The molecule has 0 saturated heterocycles. The molecule has 23 heavy (non-hydrogen) atoms. The molecular weight excluding hydrogens is 300 g/mol. The number of nitro groups is 1. The predicted molar refractivity (Wildman–Crippen MR) is 85.0 cm³/mol. The van der Waals surface area contributed by atoms with Gasteiger partial charge in [-0.2, -0.15) is 0 Å². The van der Waals surface area contributed by atoms with Gasteiger partial charge in [-0.3, -0.25) is 10.1 Å². The van der Waals surface area contributed by atoms with Crippen LogP contribution < -0.4 is 9.47 Å². The molecule has 0 aliphatic heterocycles. The highest BCUT2D eigenvalue weighted by molar-refractivity contribution is 5.84. The van der Waals surface area contributed by atoms with Crippen molar-refractivity contribution in [1.29, 1.82) is 0 Å². The van der Waals surface area contributed by atoms with E-state index >= 15 is 0 Å². The molecule has 0 aliphatic rings. The number of nitrogens with zero attached hydrogens (tertiary/aromatic N) is 2. The van der Waals surface area contributed by atoms with Crippen LogP contribution in [0, 0.1) is 10.1 Å². The van der Waals surface area contributed by atoms with Gasteiger partial charge in [-0.15, -0.1) is 0 Å². The molecule has 7 heteroatoms. The lowest BCUT2D eigenvalue weighted by molar-refractivity contribution is -0.384. The van der Waals surface area contributed by atoms with E-state index in [4.69, 9.17) is 14.3 Å². The first-order valence-corrected chi connectivity index (χ1v) is 6.75. The van der Waals surface area contributed by atoms with Crippen LogP contribution in [0.3, 0.4) is 0 Å². The summed E-state index contributed by atoms with van der Waals surface area (Å²) in [6.45, 7) is 0.129. The zero-order chi connectivity index (χ0) is 16.7. The quantitative estimate of drug-likeness (QED) is 0.445. The van der Waals surface area contributed by atoms with E-state index in [1.807, 2.05) is 12.1 Å². The molecule has 2 rings (SSSR count). The Balaban J connectivity index is 2.03. The normalized spacial score (nSPS) is 10.5. The van der Waals surface area contributed by atoms with Crippen molar-refractivity contribution in [1.82, 2.24) is 0 Å². The van der Waals surface area contributed by atoms with Crippen LogP contribution in [0.15, 0.2) is 47.6 Å². The minimum atomic E-state index is -0.451. The van der Waals surface area contributed by atoms with E-state index in [0.717, 1.165) is 0 Å². The van der Waals surface area contributed by atoms with Crippen molar-refractivity contribution in [3.05, 3.63) is 63.7 Å². The summed E-state index contributed by atoms with van der Waals surface area (Å²) >= 11 is 0.